The zero-order valence-electron chi connectivity index (χ0n) is 10.9. The number of rotatable bonds is 2. The molecular formula is C12H15F3N2O4. The average molecular weight is 308 g/mol. The van der Waals surface area contributed by atoms with Gasteiger partial charge in [-0.1, -0.05) is 0 Å². The number of nitrogens with zero attached hydrogens (tertiary/aromatic N) is 1. The molecule has 1 fully saturated rings. The van der Waals surface area contributed by atoms with Crippen LogP contribution in [0.4, 0.5) is 13.2 Å². The first-order valence-corrected chi connectivity index (χ1v) is 6.11. The van der Waals surface area contributed by atoms with Gasteiger partial charge in [-0.2, -0.15) is 13.2 Å². The molecule has 3 N–H and O–H groups in total. The van der Waals surface area contributed by atoms with Gasteiger partial charge in [0.2, 0.25) is 5.88 Å². The lowest BCUT2D eigenvalue weighted by atomic mass is 10.1. The highest BCUT2D eigenvalue weighted by molar-refractivity contribution is 5.73. The van der Waals surface area contributed by atoms with Crippen LogP contribution in [-0.4, -0.2) is 46.5 Å². The molecule has 1 aromatic rings. The maximum absolute atomic E-state index is 10.6. The van der Waals surface area contributed by atoms with Crippen LogP contribution >= 0.6 is 0 Å². The Hall–Kier alpha value is -2.03. The first kappa shape index (κ1) is 17.0. The summed E-state index contributed by atoms with van der Waals surface area (Å²) >= 11 is 0. The van der Waals surface area contributed by atoms with Crippen molar-refractivity contribution in [3.63, 3.8) is 0 Å². The van der Waals surface area contributed by atoms with Crippen LogP contribution in [0.1, 0.15) is 12.8 Å². The molecule has 9 heteroatoms. The fraction of sp³-hybridized carbons (Fsp3) is 0.500. The maximum atomic E-state index is 10.6. The molecule has 0 atom stereocenters. The van der Waals surface area contributed by atoms with Crippen molar-refractivity contribution in [2.45, 2.75) is 25.1 Å². The van der Waals surface area contributed by atoms with Gasteiger partial charge < -0.3 is 20.3 Å². The Balaban J connectivity index is 0.000000270. The van der Waals surface area contributed by atoms with Crippen molar-refractivity contribution in [1.29, 1.82) is 0 Å². The second-order valence-corrected chi connectivity index (χ2v) is 4.22. The molecule has 0 unspecified atom stereocenters. The molecule has 0 aliphatic carbocycles. The number of carboxylic acid groups (broad SMARTS) is 1. The number of piperidine rings is 1. The SMILES string of the molecule is O=C(O)C(F)(F)F.Oc1ccc(OC2CCNCC2)nc1. The topological polar surface area (TPSA) is 91.7 Å². The lowest BCUT2D eigenvalue weighted by Gasteiger charge is -2.23. The third kappa shape index (κ3) is 6.80. The normalized spacial score (nSPS) is 15.8. The van der Waals surface area contributed by atoms with Crippen molar-refractivity contribution in [2.75, 3.05) is 13.1 Å². The Morgan fingerprint density at radius 2 is 1.90 bits per heavy atom. The minimum atomic E-state index is -5.08. The summed E-state index contributed by atoms with van der Waals surface area (Å²) < 4.78 is 37.4. The van der Waals surface area contributed by atoms with Crippen molar-refractivity contribution in [3.8, 4) is 11.6 Å². The van der Waals surface area contributed by atoms with Crippen LogP contribution in [-0.2, 0) is 4.79 Å². The van der Waals surface area contributed by atoms with E-state index in [9.17, 15) is 13.2 Å². The van der Waals surface area contributed by atoms with Crippen LogP contribution in [0.5, 0.6) is 11.6 Å². The number of pyridine rings is 1. The Morgan fingerprint density at radius 1 is 1.33 bits per heavy atom. The predicted molar refractivity (Wildman–Crippen MR) is 66.1 cm³/mol. The number of aromatic nitrogens is 1. The maximum Gasteiger partial charge on any atom is 0.490 e. The average Bonchev–Trinajstić information content (AvgIpc) is 2.42. The number of aliphatic carboxylic acids is 1. The minimum absolute atomic E-state index is 0.169. The summed E-state index contributed by atoms with van der Waals surface area (Å²) in [5.74, 6) is -2.00. The van der Waals surface area contributed by atoms with E-state index < -0.39 is 12.1 Å². The van der Waals surface area contributed by atoms with Gasteiger partial charge in [-0.15, -0.1) is 0 Å². The van der Waals surface area contributed by atoms with E-state index in [-0.39, 0.29) is 11.9 Å². The molecule has 0 aromatic carbocycles. The summed E-state index contributed by atoms with van der Waals surface area (Å²) in [5.41, 5.74) is 0. The molecule has 6 nitrogen and oxygen atoms in total. The monoisotopic (exact) mass is 308 g/mol. The van der Waals surface area contributed by atoms with Gasteiger partial charge in [-0.05, 0) is 32.0 Å². The zero-order chi connectivity index (χ0) is 15.9. The largest absolute Gasteiger partial charge is 0.506 e. The molecule has 1 aromatic heterocycles. The number of hydrogen-bond acceptors (Lipinski definition) is 5. The van der Waals surface area contributed by atoms with Gasteiger partial charge in [0.15, 0.2) is 0 Å². The van der Waals surface area contributed by atoms with E-state index in [0.29, 0.717) is 5.88 Å². The minimum Gasteiger partial charge on any atom is -0.506 e. The number of alkyl halides is 3. The Bertz CT molecular complexity index is 445. The number of carboxylic acids is 1. The van der Waals surface area contributed by atoms with Gasteiger partial charge in [0, 0.05) is 6.07 Å². The van der Waals surface area contributed by atoms with E-state index in [1.54, 1.807) is 12.1 Å². The molecule has 0 bridgehead atoms. The highest BCUT2D eigenvalue weighted by Crippen LogP contribution is 2.16. The Kier molecular flexibility index (Phi) is 6.22. The molecule has 0 spiro atoms. The number of carbonyl (C=O) groups is 1. The number of ether oxygens (including phenoxy) is 1. The third-order valence-electron chi connectivity index (χ3n) is 2.54. The molecule has 1 aliphatic heterocycles. The van der Waals surface area contributed by atoms with E-state index in [1.807, 2.05) is 0 Å². The molecular weight excluding hydrogens is 293 g/mol. The van der Waals surface area contributed by atoms with E-state index in [4.69, 9.17) is 19.7 Å². The molecule has 1 saturated heterocycles. The van der Waals surface area contributed by atoms with Gasteiger partial charge in [-0.3, -0.25) is 0 Å². The van der Waals surface area contributed by atoms with E-state index in [0.717, 1.165) is 25.9 Å². The highest BCUT2D eigenvalue weighted by Gasteiger charge is 2.38. The zero-order valence-corrected chi connectivity index (χ0v) is 10.9. The Morgan fingerprint density at radius 3 is 2.33 bits per heavy atom. The summed E-state index contributed by atoms with van der Waals surface area (Å²) in [6, 6.07) is 3.28. The molecule has 2 heterocycles. The van der Waals surface area contributed by atoms with Gasteiger partial charge in [0.05, 0.1) is 6.20 Å². The van der Waals surface area contributed by atoms with Crippen molar-refractivity contribution in [2.24, 2.45) is 0 Å². The van der Waals surface area contributed by atoms with E-state index in [2.05, 4.69) is 10.3 Å². The molecule has 0 saturated carbocycles. The number of aromatic hydroxyl groups is 1. The molecule has 2 rings (SSSR count). The van der Waals surface area contributed by atoms with Crippen molar-refractivity contribution < 1.29 is 32.9 Å². The van der Waals surface area contributed by atoms with Crippen LogP contribution < -0.4 is 10.1 Å². The van der Waals surface area contributed by atoms with Crippen molar-refractivity contribution in [3.05, 3.63) is 18.3 Å². The van der Waals surface area contributed by atoms with Gasteiger partial charge in [-0.25, -0.2) is 9.78 Å². The number of halogens is 3. The first-order chi connectivity index (χ1) is 9.79. The number of hydrogen-bond donors (Lipinski definition) is 3. The predicted octanol–water partition coefficient (Wildman–Crippen LogP) is 1.55. The fourth-order valence-corrected chi connectivity index (χ4v) is 1.53. The van der Waals surface area contributed by atoms with Crippen molar-refractivity contribution in [1.82, 2.24) is 10.3 Å². The van der Waals surface area contributed by atoms with E-state index >= 15 is 0 Å². The van der Waals surface area contributed by atoms with Crippen LogP contribution in [0.3, 0.4) is 0 Å². The number of nitrogens with one attached hydrogen (secondary N) is 1. The van der Waals surface area contributed by atoms with Gasteiger partial charge in [0.25, 0.3) is 0 Å². The lowest BCUT2D eigenvalue weighted by Crippen LogP contribution is -2.34. The molecule has 21 heavy (non-hydrogen) atoms. The summed E-state index contributed by atoms with van der Waals surface area (Å²) in [6.07, 6.45) is -1.39. The molecule has 1 aliphatic rings. The molecule has 0 radical (unpaired) electrons. The lowest BCUT2D eigenvalue weighted by molar-refractivity contribution is -0.192. The second-order valence-electron chi connectivity index (χ2n) is 4.22. The standard InChI is InChI=1S/C10H14N2O2.C2HF3O2/c13-8-1-2-10(12-7-8)14-9-3-5-11-6-4-9;3-2(4,5)1(6)7/h1-2,7,9,11,13H,3-6H2;(H,6,7). The van der Waals surface area contributed by atoms with Gasteiger partial charge in [0.1, 0.15) is 11.9 Å². The van der Waals surface area contributed by atoms with Crippen LogP contribution in [0.25, 0.3) is 0 Å². The molecule has 118 valence electrons. The summed E-state index contributed by atoms with van der Waals surface area (Å²) in [4.78, 5) is 12.9. The van der Waals surface area contributed by atoms with Crippen LogP contribution in [0.15, 0.2) is 18.3 Å². The van der Waals surface area contributed by atoms with Crippen LogP contribution in [0, 0.1) is 0 Å². The van der Waals surface area contributed by atoms with Crippen LogP contribution in [0.2, 0.25) is 0 Å². The smallest absolute Gasteiger partial charge is 0.490 e. The quantitative estimate of drug-likeness (QED) is 0.768. The van der Waals surface area contributed by atoms with Crippen molar-refractivity contribution >= 4 is 5.97 Å². The highest BCUT2D eigenvalue weighted by atomic mass is 19.4. The second kappa shape index (κ2) is 7.67. The Labute approximate surface area is 118 Å². The van der Waals surface area contributed by atoms with Gasteiger partial charge >= 0.3 is 12.1 Å². The fourth-order valence-electron chi connectivity index (χ4n) is 1.53. The summed E-state index contributed by atoms with van der Waals surface area (Å²) in [6.45, 7) is 2.01. The third-order valence-corrected chi connectivity index (χ3v) is 2.54. The van der Waals surface area contributed by atoms with E-state index in [1.165, 1.54) is 6.20 Å². The first-order valence-electron chi connectivity index (χ1n) is 6.11. The summed E-state index contributed by atoms with van der Waals surface area (Å²) in [7, 11) is 0. The summed E-state index contributed by atoms with van der Waals surface area (Å²) in [5, 5.41) is 19.4. The molecule has 0 amide bonds.